The number of fused-ring (bicyclic) bond motifs is 1. The maximum absolute atomic E-state index is 13.4. The third-order valence-corrected chi connectivity index (χ3v) is 9.07. The Balaban J connectivity index is 1.41. The molecule has 2 aliphatic heterocycles. The number of rotatable bonds is 6. The molecule has 2 aromatic carbocycles. The Morgan fingerprint density at radius 3 is 2.54 bits per heavy atom. The summed E-state index contributed by atoms with van der Waals surface area (Å²) in [6.45, 7) is 1.78. The number of sulfonamides is 1. The summed E-state index contributed by atoms with van der Waals surface area (Å²) < 4.78 is 35.3. The van der Waals surface area contributed by atoms with Gasteiger partial charge in [-0.05, 0) is 48.2 Å². The highest BCUT2D eigenvalue weighted by Crippen LogP contribution is 2.43. The van der Waals surface area contributed by atoms with E-state index in [0.29, 0.717) is 13.1 Å². The fourth-order valence-electron chi connectivity index (χ4n) is 5.48. The molecule has 0 spiro atoms. The van der Waals surface area contributed by atoms with E-state index in [2.05, 4.69) is 34.1 Å². The van der Waals surface area contributed by atoms with Crippen LogP contribution in [0, 0.1) is 0 Å². The van der Waals surface area contributed by atoms with Gasteiger partial charge in [0, 0.05) is 44.3 Å². The molecule has 0 aliphatic carbocycles. The van der Waals surface area contributed by atoms with Crippen molar-refractivity contribution in [2.24, 2.45) is 7.05 Å². The monoisotopic (exact) mass is 496 g/mol. The lowest BCUT2D eigenvalue weighted by molar-refractivity contribution is -0.0554. The van der Waals surface area contributed by atoms with E-state index in [1.165, 1.54) is 6.33 Å². The van der Waals surface area contributed by atoms with E-state index in [0.717, 1.165) is 41.8 Å². The first-order chi connectivity index (χ1) is 16.9. The van der Waals surface area contributed by atoms with Crippen molar-refractivity contribution < 1.29 is 18.3 Å². The number of aliphatic hydroxyl groups excluding tert-OH is 1. The summed E-state index contributed by atoms with van der Waals surface area (Å²) in [4.78, 5) is 6.39. The number of aryl methyl sites for hydroxylation is 1. The summed E-state index contributed by atoms with van der Waals surface area (Å²) in [5, 5.41) is 10.3. The van der Waals surface area contributed by atoms with Crippen molar-refractivity contribution in [3.63, 3.8) is 0 Å². The van der Waals surface area contributed by atoms with Crippen LogP contribution in [0.5, 0.6) is 5.75 Å². The van der Waals surface area contributed by atoms with Crippen LogP contribution in [-0.2, 0) is 17.1 Å². The molecule has 2 saturated heterocycles. The predicted molar refractivity (Wildman–Crippen MR) is 134 cm³/mol. The molecule has 0 radical (unpaired) electrons. The second-order valence-electron chi connectivity index (χ2n) is 9.38. The zero-order valence-corrected chi connectivity index (χ0v) is 20.9. The summed E-state index contributed by atoms with van der Waals surface area (Å²) in [6, 6.07) is 16.3. The van der Waals surface area contributed by atoms with Gasteiger partial charge in [0.25, 0.3) is 10.0 Å². The minimum Gasteiger partial charge on any atom is -0.497 e. The van der Waals surface area contributed by atoms with E-state index in [4.69, 9.17) is 4.74 Å². The number of ether oxygens (including phenoxy) is 1. The zero-order valence-electron chi connectivity index (χ0n) is 20.1. The second kappa shape index (κ2) is 9.73. The van der Waals surface area contributed by atoms with Crippen molar-refractivity contribution in [3.8, 4) is 16.9 Å². The number of hydrogen-bond acceptors (Lipinski definition) is 6. The van der Waals surface area contributed by atoms with Crippen molar-refractivity contribution in [3.05, 3.63) is 66.6 Å². The van der Waals surface area contributed by atoms with Crippen LogP contribution in [0.25, 0.3) is 11.1 Å². The van der Waals surface area contributed by atoms with Crippen LogP contribution in [0.15, 0.2) is 66.1 Å². The summed E-state index contributed by atoms with van der Waals surface area (Å²) in [7, 11) is -0.255. The van der Waals surface area contributed by atoms with Crippen LogP contribution in [0.4, 0.5) is 0 Å². The maximum Gasteiger partial charge on any atom is 0.262 e. The Bertz CT molecular complexity index is 1270. The summed E-state index contributed by atoms with van der Waals surface area (Å²) in [5.74, 6) is 0.865. The summed E-state index contributed by atoms with van der Waals surface area (Å²) in [5.41, 5.74) is 3.28. The van der Waals surface area contributed by atoms with Crippen LogP contribution < -0.4 is 4.74 Å². The minimum absolute atomic E-state index is 0.00797. The highest BCUT2D eigenvalue weighted by Gasteiger charge is 2.50. The molecule has 2 aliphatic rings. The van der Waals surface area contributed by atoms with Crippen molar-refractivity contribution in [1.82, 2.24) is 18.8 Å². The van der Waals surface area contributed by atoms with Gasteiger partial charge in [0.1, 0.15) is 5.75 Å². The first kappa shape index (κ1) is 24.0. The quantitative estimate of drug-likeness (QED) is 0.565. The minimum atomic E-state index is -3.68. The van der Waals surface area contributed by atoms with Gasteiger partial charge in [-0.1, -0.05) is 36.4 Å². The lowest BCUT2D eigenvalue weighted by Crippen LogP contribution is -2.67. The van der Waals surface area contributed by atoms with E-state index >= 15 is 0 Å². The average molecular weight is 497 g/mol. The van der Waals surface area contributed by atoms with Gasteiger partial charge in [-0.3, -0.25) is 4.90 Å². The third-order valence-electron chi connectivity index (χ3n) is 7.32. The number of hydrogen-bond donors (Lipinski definition) is 1. The Morgan fingerprint density at radius 1 is 1.09 bits per heavy atom. The molecule has 1 aromatic heterocycles. The Morgan fingerprint density at radius 2 is 1.86 bits per heavy atom. The molecule has 2 fully saturated rings. The standard InChI is InChI=1S/C26H32N4O4S/c1-28-16-25(27-18-28)35(32,33)29-12-3-4-13-30-23(15-29)26(24(30)17-31)20-10-8-19(9-11-20)21-6-5-7-22(14-21)34-2/h5-11,14,16,18,23-24,26,31H,3-4,12-13,15,17H2,1-2H3/t23-,24+,26-/m0/s1. The van der Waals surface area contributed by atoms with E-state index in [9.17, 15) is 13.5 Å². The van der Waals surface area contributed by atoms with E-state index in [1.807, 2.05) is 24.3 Å². The molecule has 3 heterocycles. The Kier molecular flexibility index (Phi) is 6.67. The number of nitrogens with zero attached hydrogens (tertiary/aromatic N) is 4. The van der Waals surface area contributed by atoms with Crippen molar-refractivity contribution in [1.29, 1.82) is 0 Å². The lowest BCUT2D eigenvalue weighted by atomic mass is 9.74. The van der Waals surface area contributed by atoms with Gasteiger partial charge in [0.2, 0.25) is 0 Å². The maximum atomic E-state index is 13.4. The number of benzene rings is 2. The fraction of sp³-hybridized carbons (Fsp3) is 0.423. The first-order valence-electron chi connectivity index (χ1n) is 12.0. The van der Waals surface area contributed by atoms with Gasteiger partial charge in [-0.25, -0.2) is 13.4 Å². The topological polar surface area (TPSA) is 87.9 Å². The third kappa shape index (κ3) is 4.49. The van der Waals surface area contributed by atoms with Gasteiger partial charge < -0.3 is 14.4 Å². The molecular formula is C26H32N4O4S. The van der Waals surface area contributed by atoms with Gasteiger partial charge in [0.05, 0.1) is 20.0 Å². The predicted octanol–water partition coefficient (Wildman–Crippen LogP) is 2.71. The van der Waals surface area contributed by atoms with E-state index in [1.54, 1.807) is 29.2 Å². The lowest BCUT2D eigenvalue weighted by Gasteiger charge is -2.57. The molecule has 1 N–H and O–H groups in total. The molecule has 8 nitrogen and oxygen atoms in total. The SMILES string of the molecule is COc1cccc(-c2ccc([C@@H]3[C@@H](CO)N4CCCCN(S(=O)(=O)c5cn(C)cn5)C[C@@H]34)cc2)c1. The van der Waals surface area contributed by atoms with Crippen molar-refractivity contribution in [2.75, 3.05) is 33.4 Å². The van der Waals surface area contributed by atoms with Gasteiger partial charge in [-0.2, -0.15) is 4.31 Å². The molecule has 0 amide bonds. The van der Waals surface area contributed by atoms with Crippen LogP contribution in [0.1, 0.15) is 24.3 Å². The van der Waals surface area contributed by atoms with Gasteiger partial charge >= 0.3 is 0 Å². The molecular weight excluding hydrogens is 464 g/mol. The van der Waals surface area contributed by atoms with E-state index in [-0.39, 0.29) is 29.6 Å². The molecule has 9 heteroatoms. The molecule has 0 unspecified atom stereocenters. The summed E-state index contributed by atoms with van der Waals surface area (Å²) in [6.07, 6.45) is 4.75. The number of imidazole rings is 1. The van der Waals surface area contributed by atoms with Crippen molar-refractivity contribution in [2.45, 2.75) is 35.9 Å². The Labute approximate surface area is 206 Å². The second-order valence-corrected chi connectivity index (χ2v) is 11.3. The van der Waals surface area contributed by atoms with Gasteiger partial charge in [0.15, 0.2) is 5.03 Å². The Hall–Kier alpha value is -2.72. The van der Waals surface area contributed by atoms with Crippen molar-refractivity contribution >= 4 is 10.0 Å². The van der Waals surface area contributed by atoms with Crippen LogP contribution in [0.2, 0.25) is 0 Å². The van der Waals surface area contributed by atoms with E-state index < -0.39 is 10.0 Å². The normalized spacial score (nSPS) is 23.7. The largest absolute Gasteiger partial charge is 0.497 e. The fourth-order valence-corrected chi connectivity index (χ4v) is 6.94. The number of aliphatic hydroxyl groups is 1. The molecule has 35 heavy (non-hydrogen) atoms. The molecule has 0 saturated carbocycles. The highest BCUT2D eigenvalue weighted by molar-refractivity contribution is 7.89. The van der Waals surface area contributed by atoms with Crippen LogP contribution in [-0.4, -0.2) is 77.7 Å². The molecule has 186 valence electrons. The molecule has 3 aromatic rings. The van der Waals surface area contributed by atoms with Crippen LogP contribution >= 0.6 is 0 Å². The number of methoxy groups -OCH3 is 1. The average Bonchev–Trinajstić information content (AvgIpc) is 3.30. The summed E-state index contributed by atoms with van der Waals surface area (Å²) >= 11 is 0. The van der Waals surface area contributed by atoms with Crippen LogP contribution in [0.3, 0.4) is 0 Å². The number of aromatic nitrogens is 2. The zero-order chi connectivity index (χ0) is 24.6. The van der Waals surface area contributed by atoms with Gasteiger partial charge in [-0.15, -0.1) is 0 Å². The molecule has 3 atom stereocenters. The highest BCUT2D eigenvalue weighted by atomic mass is 32.2. The first-order valence-corrected chi connectivity index (χ1v) is 13.5. The molecule has 0 bridgehead atoms. The molecule has 5 rings (SSSR count). The smallest absolute Gasteiger partial charge is 0.262 e.